The second-order valence-corrected chi connectivity index (χ2v) is 5.66. The molecule has 1 nitrogen and oxygen atoms in total. The van der Waals surface area contributed by atoms with E-state index in [-0.39, 0.29) is 0 Å². The van der Waals surface area contributed by atoms with Gasteiger partial charge < -0.3 is 5.73 Å². The number of hydrogen-bond acceptors (Lipinski definition) is 2. The molecule has 0 aromatic heterocycles. The number of aryl methyl sites for hydroxylation is 1. The largest absolute Gasteiger partial charge is 0.329 e. The molecule has 1 aromatic carbocycles. The van der Waals surface area contributed by atoms with Crippen molar-refractivity contribution in [3.05, 3.63) is 35.4 Å². The summed E-state index contributed by atoms with van der Waals surface area (Å²) in [5.74, 6) is 1.98. The predicted octanol–water partition coefficient (Wildman–Crippen LogP) is 3.77. The average Bonchev–Trinajstić information content (AvgIpc) is 2.31. The van der Waals surface area contributed by atoms with Crippen molar-refractivity contribution in [3.8, 4) is 0 Å². The van der Waals surface area contributed by atoms with Crippen LogP contribution in [0.3, 0.4) is 0 Å². The summed E-state index contributed by atoms with van der Waals surface area (Å²) >= 11 is 2.00. The second-order valence-electron chi connectivity index (χ2n) is 4.43. The molecule has 0 radical (unpaired) electrons. The van der Waals surface area contributed by atoms with Crippen molar-refractivity contribution in [2.24, 2.45) is 11.7 Å². The molecule has 1 aromatic rings. The Kier molecular flexibility index (Phi) is 5.93. The normalized spacial score (nSPS) is 14.8. The van der Waals surface area contributed by atoms with Crippen molar-refractivity contribution in [1.82, 2.24) is 0 Å². The Labute approximate surface area is 104 Å². The van der Waals surface area contributed by atoms with Crippen LogP contribution in [0, 0.1) is 12.8 Å². The maximum Gasteiger partial charge on any atom is 0.0422 e. The van der Waals surface area contributed by atoms with Crippen LogP contribution in [0.25, 0.3) is 0 Å². The van der Waals surface area contributed by atoms with Gasteiger partial charge in [-0.3, -0.25) is 0 Å². The summed E-state index contributed by atoms with van der Waals surface area (Å²) in [5, 5.41) is 0.454. The van der Waals surface area contributed by atoms with Gasteiger partial charge in [0.25, 0.3) is 0 Å². The number of nitrogens with two attached hydrogens (primary N) is 1. The lowest BCUT2D eigenvalue weighted by atomic mass is 10.1. The molecule has 2 heteroatoms. The maximum absolute atomic E-state index is 5.88. The summed E-state index contributed by atoms with van der Waals surface area (Å²) in [6.45, 7) is 7.45. The van der Waals surface area contributed by atoms with Gasteiger partial charge in [0.1, 0.15) is 0 Å². The Hall–Kier alpha value is -0.470. The number of benzene rings is 1. The average molecular weight is 237 g/mol. The highest BCUT2D eigenvalue weighted by atomic mass is 32.2. The SMILES string of the molecule is CCC(C)CSC(CN)c1ccccc1C. The first kappa shape index (κ1) is 13.6. The number of rotatable bonds is 6. The first-order valence-electron chi connectivity index (χ1n) is 6.06. The molecule has 2 N–H and O–H groups in total. The molecule has 0 aliphatic carbocycles. The molecule has 16 heavy (non-hydrogen) atoms. The van der Waals surface area contributed by atoms with Crippen molar-refractivity contribution in [2.45, 2.75) is 32.4 Å². The van der Waals surface area contributed by atoms with Gasteiger partial charge in [-0.05, 0) is 29.7 Å². The fraction of sp³-hybridized carbons (Fsp3) is 0.571. The summed E-state index contributed by atoms with van der Waals surface area (Å²) in [6, 6.07) is 8.57. The van der Waals surface area contributed by atoms with Gasteiger partial charge in [0.15, 0.2) is 0 Å². The first-order chi connectivity index (χ1) is 7.69. The Balaban J connectivity index is 2.64. The summed E-state index contributed by atoms with van der Waals surface area (Å²) in [4.78, 5) is 0. The first-order valence-corrected chi connectivity index (χ1v) is 7.11. The minimum Gasteiger partial charge on any atom is -0.329 e. The van der Waals surface area contributed by atoms with Gasteiger partial charge in [-0.15, -0.1) is 0 Å². The Morgan fingerprint density at radius 3 is 2.56 bits per heavy atom. The Bertz CT molecular complexity index is 311. The van der Waals surface area contributed by atoms with E-state index < -0.39 is 0 Å². The van der Waals surface area contributed by atoms with Crippen LogP contribution in [-0.4, -0.2) is 12.3 Å². The van der Waals surface area contributed by atoms with Crippen molar-refractivity contribution < 1.29 is 0 Å². The molecule has 90 valence electrons. The van der Waals surface area contributed by atoms with Gasteiger partial charge in [0.2, 0.25) is 0 Å². The number of thioether (sulfide) groups is 1. The third-order valence-electron chi connectivity index (χ3n) is 3.03. The van der Waals surface area contributed by atoms with E-state index in [0.29, 0.717) is 5.25 Å². The number of hydrogen-bond donors (Lipinski definition) is 1. The zero-order chi connectivity index (χ0) is 12.0. The molecule has 0 fully saturated rings. The second kappa shape index (κ2) is 6.97. The Morgan fingerprint density at radius 1 is 1.31 bits per heavy atom. The van der Waals surface area contributed by atoms with E-state index in [0.717, 1.165) is 12.5 Å². The standard InChI is InChI=1S/C14H23NS/c1-4-11(2)10-16-14(9-15)13-8-6-5-7-12(13)3/h5-8,11,14H,4,9-10,15H2,1-3H3. The van der Waals surface area contributed by atoms with Gasteiger partial charge >= 0.3 is 0 Å². The van der Waals surface area contributed by atoms with Crippen LogP contribution < -0.4 is 5.73 Å². The van der Waals surface area contributed by atoms with Gasteiger partial charge in [0.05, 0.1) is 0 Å². The zero-order valence-corrected chi connectivity index (χ0v) is 11.4. The molecule has 0 spiro atoms. The van der Waals surface area contributed by atoms with E-state index >= 15 is 0 Å². The summed E-state index contributed by atoms with van der Waals surface area (Å²) in [6.07, 6.45) is 1.25. The maximum atomic E-state index is 5.88. The molecule has 0 saturated carbocycles. The van der Waals surface area contributed by atoms with E-state index in [1.54, 1.807) is 0 Å². The molecule has 2 unspecified atom stereocenters. The molecule has 1 rings (SSSR count). The van der Waals surface area contributed by atoms with Crippen molar-refractivity contribution in [1.29, 1.82) is 0 Å². The highest BCUT2D eigenvalue weighted by Gasteiger charge is 2.13. The molecule has 0 saturated heterocycles. The summed E-state index contributed by atoms with van der Waals surface area (Å²) < 4.78 is 0. The lowest BCUT2D eigenvalue weighted by molar-refractivity contribution is 0.635. The van der Waals surface area contributed by atoms with Gasteiger partial charge in [-0.25, -0.2) is 0 Å². The minimum absolute atomic E-state index is 0.454. The van der Waals surface area contributed by atoms with E-state index in [9.17, 15) is 0 Å². The lowest BCUT2D eigenvalue weighted by Crippen LogP contribution is -2.12. The van der Waals surface area contributed by atoms with Crippen LogP contribution in [0.5, 0.6) is 0 Å². The van der Waals surface area contributed by atoms with Crippen LogP contribution in [0.4, 0.5) is 0 Å². The third-order valence-corrected chi connectivity index (χ3v) is 4.64. The Morgan fingerprint density at radius 2 is 2.00 bits per heavy atom. The molecule has 0 aliphatic rings. The van der Waals surface area contributed by atoms with Crippen molar-refractivity contribution >= 4 is 11.8 Å². The van der Waals surface area contributed by atoms with Crippen LogP contribution in [0.15, 0.2) is 24.3 Å². The van der Waals surface area contributed by atoms with Crippen molar-refractivity contribution in [2.75, 3.05) is 12.3 Å². The van der Waals surface area contributed by atoms with Crippen LogP contribution in [0.1, 0.15) is 36.6 Å². The van der Waals surface area contributed by atoms with E-state index in [1.807, 2.05) is 11.8 Å². The quantitative estimate of drug-likeness (QED) is 0.815. The molecule has 2 atom stereocenters. The van der Waals surface area contributed by atoms with E-state index in [4.69, 9.17) is 5.73 Å². The van der Waals surface area contributed by atoms with Gasteiger partial charge in [0, 0.05) is 11.8 Å². The van der Waals surface area contributed by atoms with Crippen LogP contribution >= 0.6 is 11.8 Å². The van der Waals surface area contributed by atoms with Crippen LogP contribution in [-0.2, 0) is 0 Å². The summed E-state index contributed by atoms with van der Waals surface area (Å²) in [5.41, 5.74) is 8.64. The smallest absolute Gasteiger partial charge is 0.0422 e. The van der Waals surface area contributed by atoms with Crippen LogP contribution in [0.2, 0.25) is 0 Å². The highest BCUT2D eigenvalue weighted by molar-refractivity contribution is 7.99. The van der Waals surface area contributed by atoms with Crippen molar-refractivity contribution in [3.63, 3.8) is 0 Å². The van der Waals surface area contributed by atoms with Gasteiger partial charge in [-0.1, -0.05) is 44.5 Å². The highest BCUT2D eigenvalue weighted by Crippen LogP contribution is 2.31. The fourth-order valence-corrected chi connectivity index (χ4v) is 3.01. The van der Waals surface area contributed by atoms with E-state index in [1.165, 1.54) is 23.3 Å². The molecular weight excluding hydrogens is 214 g/mol. The lowest BCUT2D eigenvalue weighted by Gasteiger charge is -2.19. The minimum atomic E-state index is 0.454. The van der Waals surface area contributed by atoms with E-state index in [2.05, 4.69) is 45.0 Å². The molecule has 0 heterocycles. The van der Waals surface area contributed by atoms with Gasteiger partial charge in [-0.2, -0.15) is 11.8 Å². The molecule has 0 aliphatic heterocycles. The molecule has 0 amide bonds. The third kappa shape index (κ3) is 3.84. The zero-order valence-electron chi connectivity index (χ0n) is 10.6. The topological polar surface area (TPSA) is 26.0 Å². The predicted molar refractivity (Wildman–Crippen MR) is 74.9 cm³/mol. The fourth-order valence-electron chi connectivity index (χ4n) is 1.63. The monoisotopic (exact) mass is 237 g/mol. The molecule has 0 bridgehead atoms. The molecular formula is C14H23NS. The summed E-state index contributed by atoms with van der Waals surface area (Å²) in [7, 11) is 0.